The standard InChI is InChI=1S/C20H35O/c1-2-3-4-5-6-7-8-9-10-11-12-13-14-15-16-17-18-19-20-21/h6-7,9-10H,2-5,8,11-19H2,1H3/b7-6-,10-9-. The van der Waals surface area contributed by atoms with Gasteiger partial charge in [0, 0.05) is 6.42 Å². The number of rotatable bonds is 16. The normalized spacial score (nSPS) is 11.7. The highest BCUT2D eigenvalue weighted by molar-refractivity contribution is 5.50. The maximum atomic E-state index is 10.0. The first-order valence-electron chi connectivity index (χ1n) is 9.06. The van der Waals surface area contributed by atoms with Crippen LogP contribution in [0.1, 0.15) is 96.8 Å². The molecule has 0 saturated carbocycles. The van der Waals surface area contributed by atoms with E-state index in [2.05, 4.69) is 31.2 Å². The molecular formula is C20H35O. The first-order valence-corrected chi connectivity index (χ1v) is 9.06. The van der Waals surface area contributed by atoms with Crippen LogP contribution in [0.4, 0.5) is 0 Å². The van der Waals surface area contributed by atoms with Gasteiger partial charge in [0.05, 0.1) is 0 Å². The maximum absolute atomic E-state index is 10.0. The van der Waals surface area contributed by atoms with E-state index in [1.165, 1.54) is 70.6 Å². The first kappa shape index (κ1) is 20.1. The molecule has 0 aliphatic carbocycles. The van der Waals surface area contributed by atoms with E-state index in [9.17, 15) is 4.79 Å². The highest BCUT2D eigenvalue weighted by Crippen LogP contribution is 2.09. The van der Waals surface area contributed by atoms with Crippen molar-refractivity contribution in [2.24, 2.45) is 0 Å². The summed E-state index contributed by atoms with van der Waals surface area (Å²) in [6, 6.07) is 0. The minimum Gasteiger partial charge on any atom is -0.291 e. The molecule has 0 aromatic carbocycles. The molecule has 1 radical (unpaired) electrons. The van der Waals surface area contributed by atoms with E-state index in [0.717, 1.165) is 12.8 Å². The van der Waals surface area contributed by atoms with Crippen molar-refractivity contribution in [3.63, 3.8) is 0 Å². The van der Waals surface area contributed by atoms with Crippen LogP contribution >= 0.6 is 0 Å². The third-order valence-electron chi connectivity index (χ3n) is 3.73. The molecule has 0 amide bonds. The van der Waals surface area contributed by atoms with Crippen molar-refractivity contribution in [1.82, 2.24) is 0 Å². The fourth-order valence-electron chi connectivity index (χ4n) is 2.36. The molecule has 121 valence electrons. The van der Waals surface area contributed by atoms with Crippen LogP contribution in [0.3, 0.4) is 0 Å². The summed E-state index contributed by atoms with van der Waals surface area (Å²) in [5, 5.41) is 0. The lowest BCUT2D eigenvalue weighted by molar-refractivity contribution is 0.540. The second-order valence-corrected chi connectivity index (χ2v) is 5.83. The van der Waals surface area contributed by atoms with Crippen LogP contribution in [0.15, 0.2) is 24.3 Å². The Bertz CT molecular complexity index is 253. The van der Waals surface area contributed by atoms with E-state index in [0.29, 0.717) is 6.42 Å². The van der Waals surface area contributed by atoms with E-state index in [-0.39, 0.29) is 0 Å². The number of unbranched alkanes of at least 4 members (excludes halogenated alkanes) is 11. The van der Waals surface area contributed by atoms with Crippen molar-refractivity contribution in [2.45, 2.75) is 96.8 Å². The number of carbonyl (C=O) groups excluding carboxylic acids is 1. The summed E-state index contributed by atoms with van der Waals surface area (Å²) in [6.07, 6.45) is 28.2. The quantitative estimate of drug-likeness (QED) is 0.229. The van der Waals surface area contributed by atoms with Crippen LogP contribution in [0.25, 0.3) is 0 Å². The Morgan fingerprint density at radius 3 is 1.76 bits per heavy atom. The zero-order chi connectivity index (χ0) is 15.4. The highest BCUT2D eigenvalue weighted by atomic mass is 16.1. The summed E-state index contributed by atoms with van der Waals surface area (Å²) < 4.78 is 0. The van der Waals surface area contributed by atoms with Crippen molar-refractivity contribution < 1.29 is 4.79 Å². The Kier molecular flexibility index (Phi) is 18.4. The fraction of sp³-hybridized carbons (Fsp3) is 0.750. The summed E-state index contributed by atoms with van der Waals surface area (Å²) in [5.41, 5.74) is 0. The lowest BCUT2D eigenvalue weighted by atomic mass is 10.1. The van der Waals surface area contributed by atoms with E-state index in [1.807, 2.05) is 6.29 Å². The van der Waals surface area contributed by atoms with Gasteiger partial charge in [0.2, 0.25) is 0 Å². The van der Waals surface area contributed by atoms with Crippen molar-refractivity contribution in [2.75, 3.05) is 0 Å². The van der Waals surface area contributed by atoms with Gasteiger partial charge in [0.25, 0.3) is 0 Å². The molecule has 0 aliphatic rings. The molecule has 1 heteroatoms. The predicted molar refractivity (Wildman–Crippen MR) is 94.3 cm³/mol. The van der Waals surface area contributed by atoms with Crippen molar-refractivity contribution in [3.8, 4) is 0 Å². The van der Waals surface area contributed by atoms with Crippen LogP contribution in [0.5, 0.6) is 0 Å². The van der Waals surface area contributed by atoms with Crippen molar-refractivity contribution in [1.29, 1.82) is 0 Å². The molecule has 0 heterocycles. The lowest BCUT2D eigenvalue weighted by Crippen LogP contribution is -1.81. The van der Waals surface area contributed by atoms with Crippen molar-refractivity contribution in [3.05, 3.63) is 24.3 Å². The SMILES string of the molecule is CCCCC/C=C\C/C=C\CCCCCCCCC[C]=O. The summed E-state index contributed by atoms with van der Waals surface area (Å²) in [5.74, 6) is 0. The Hall–Kier alpha value is -0.850. The molecular weight excluding hydrogens is 256 g/mol. The molecule has 0 fully saturated rings. The second-order valence-electron chi connectivity index (χ2n) is 5.83. The Labute approximate surface area is 132 Å². The zero-order valence-corrected chi connectivity index (χ0v) is 14.1. The summed E-state index contributed by atoms with van der Waals surface area (Å²) in [7, 11) is 0. The van der Waals surface area contributed by atoms with Crippen LogP contribution < -0.4 is 0 Å². The number of allylic oxidation sites excluding steroid dienone is 4. The van der Waals surface area contributed by atoms with Gasteiger partial charge in [-0.1, -0.05) is 76.2 Å². The van der Waals surface area contributed by atoms with Crippen LogP contribution in [-0.4, -0.2) is 6.29 Å². The monoisotopic (exact) mass is 291 g/mol. The minimum atomic E-state index is 0.623. The van der Waals surface area contributed by atoms with Gasteiger partial charge >= 0.3 is 0 Å². The van der Waals surface area contributed by atoms with Crippen LogP contribution in [-0.2, 0) is 4.79 Å². The van der Waals surface area contributed by atoms with E-state index >= 15 is 0 Å². The number of hydrogen-bond donors (Lipinski definition) is 0. The van der Waals surface area contributed by atoms with Crippen LogP contribution in [0, 0.1) is 0 Å². The molecule has 0 rings (SSSR count). The summed E-state index contributed by atoms with van der Waals surface area (Å²) in [4.78, 5) is 10.0. The van der Waals surface area contributed by atoms with Crippen LogP contribution in [0.2, 0.25) is 0 Å². The van der Waals surface area contributed by atoms with Gasteiger partial charge in [0.1, 0.15) is 0 Å². The summed E-state index contributed by atoms with van der Waals surface area (Å²) >= 11 is 0. The molecule has 0 aromatic heterocycles. The molecule has 21 heavy (non-hydrogen) atoms. The van der Waals surface area contributed by atoms with Gasteiger partial charge in [-0.25, -0.2) is 0 Å². The molecule has 0 aromatic rings. The van der Waals surface area contributed by atoms with Gasteiger partial charge in [-0.05, 0) is 38.5 Å². The molecule has 0 aliphatic heterocycles. The first-order chi connectivity index (χ1) is 10.4. The largest absolute Gasteiger partial charge is 0.291 e. The molecule has 1 nitrogen and oxygen atoms in total. The average Bonchev–Trinajstić information content (AvgIpc) is 2.50. The molecule has 0 atom stereocenters. The molecule has 0 N–H and O–H groups in total. The van der Waals surface area contributed by atoms with Gasteiger partial charge in [-0.2, -0.15) is 0 Å². The number of hydrogen-bond acceptors (Lipinski definition) is 1. The van der Waals surface area contributed by atoms with Crippen molar-refractivity contribution >= 4 is 6.29 Å². The average molecular weight is 291 g/mol. The maximum Gasteiger partial charge on any atom is 0.198 e. The Morgan fingerprint density at radius 1 is 0.667 bits per heavy atom. The fourth-order valence-corrected chi connectivity index (χ4v) is 2.36. The molecule has 0 unspecified atom stereocenters. The van der Waals surface area contributed by atoms with E-state index in [1.54, 1.807) is 0 Å². The van der Waals surface area contributed by atoms with E-state index < -0.39 is 0 Å². The third-order valence-corrected chi connectivity index (χ3v) is 3.73. The Balaban J connectivity index is 3.13. The van der Waals surface area contributed by atoms with E-state index in [4.69, 9.17) is 0 Å². The lowest BCUT2D eigenvalue weighted by Gasteiger charge is -1.99. The molecule has 0 bridgehead atoms. The second kappa shape index (κ2) is 19.1. The van der Waals surface area contributed by atoms with Gasteiger partial charge in [0.15, 0.2) is 6.29 Å². The van der Waals surface area contributed by atoms with Gasteiger partial charge in [-0.3, -0.25) is 4.79 Å². The van der Waals surface area contributed by atoms with Gasteiger partial charge < -0.3 is 0 Å². The topological polar surface area (TPSA) is 17.1 Å². The third kappa shape index (κ3) is 19.1. The minimum absolute atomic E-state index is 0.623. The highest BCUT2D eigenvalue weighted by Gasteiger charge is 1.91. The van der Waals surface area contributed by atoms with Gasteiger partial charge in [-0.15, -0.1) is 0 Å². The molecule has 0 spiro atoms. The Morgan fingerprint density at radius 2 is 1.19 bits per heavy atom. The molecule has 0 saturated heterocycles. The smallest absolute Gasteiger partial charge is 0.198 e. The zero-order valence-electron chi connectivity index (χ0n) is 14.1. The summed E-state index contributed by atoms with van der Waals surface area (Å²) in [6.45, 7) is 2.25. The predicted octanol–water partition coefficient (Wildman–Crippen LogP) is 6.69.